The zero-order valence-corrected chi connectivity index (χ0v) is 12.0. The summed E-state index contributed by atoms with van der Waals surface area (Å²) in [4.78, 5) is 4.28. The molecule has 21 heavy (non-hydrogen) atoms. The molecule has 7 nitrogen and oxygen atoms in total. The van der Waals surface area contributed by atoms with Crippen molar-refractivity contribution in [3.05, 3.63) is 42.2 Å². The highest BCUT2D eigenvalue weighted by molar-refractivity contribution is 5.44. The first-order chi connectivity index (χ1) is 10.2. The fourth-order valence-corrected chi connectivity index (χ4v) is 2.01. The van der Waals surface area contributed by atoms with Crippen LogP contribution in [0, 0.1) is 6.92 Å². The van der Waals surface area contributed by atoms with Gasteiger partial charge in [-0.1, -0.05) is 5.16 Å². The third-order valence-corrected chi connectivity index (χ3v) is 3.03. The topological polar surface area (TPSA) is 81.9 Å². The van der Waals surface area contributed by atoms with E-state index in [2.05, 4.69) is 27.5 Å². The van der Waals surface area contributed by atoms with Gasteiger partial charge >= 0.3 is 0 Å². The molecule has 110 valence electrons. The van der Waals surface area contributed by atoms with Crippen LogP contribution in [0.3, 0.4) is 0 Å². The summed E-state index contributed by atoms with van der Waals surface area (Å²) in [7, 11) is 0. The molecule has 0 saturated carbocycles. The van der Waals surface area contributed by atoms with Gasteiger partial charge < -0.3 is 14.3 Å². The van der Waals surface area contributed by atoms with Crippen molar-refractivity contribution in [3.8, 4) is 11.6 Å². The monoisotopic (exact) mass is 287 g/mol. The maximum absolute atomic E-state index is 5.22. The number of rotatable bonds is 6. The van der Waals surface area contributed by atoms with Gasteiger partial charge in [0.15, 0.2) is 5.76 Å². The quantitative estimate of drug-likeness (QED) is 0.747. The van der Waals surface area contributed by atoms with E-state index in [-0.39, 0.29) is 6.04 Å². The van der Waals surface area contributed by atoms with Gasteiger partial charge in [0, 0.05) is 12.2 Å². The van der Waals surface area contributed by atoms with Crippen LogP contribution in [0.5, 0.6) is 0 Å². The third kappa shape index (κ3) is 3.38. The molecule has 0 aromatic carbocycles. The molecule has 0 bridgehead atoms. The van der Waals surface area contributed by atoms with Crippen molar-refractivity contribution in [1.82, 2.24) is 25.2 Å². The Hall–Kier alpha value is -2.41. The first-order valence-corrected chi connectivity index (χ1v) is 6.79. The van der Waals surface area contributed by atoms with Crippen LogP contribution in [-0.4, -0.2) is 26.0 Å². The highest BCUT2D eigenvalue weighted by Crippen LogP contribution is 2.15. The minimum atomic E-state index is 0.239. The molecule has 3 aromatic heterocycles. The van der Waals surface area contributed by atoms with Crippen molar-refractivity contribution in [1.29, 1.82) is 0 Å². The van der Waals surface area contributed by atoms with Crippen molar-refractivity contribution >= 4 is 0 Å². The van der Waals surface area contributed by atoms with Gasteiger partial charge in [0.1, 0.15) is 0 Å². The van der Waals surface area contributed by atoms with E-state index in [1.165, 1.54) is 0 Å². The maximum Gasteiger partial charge on any atom is 0.241 e. The van der Waals surface area contributed by atoms with Crippen LogP contribution in [0.2, 0.25) is 0 Å². The van der Waals surface area contributed by atoms with Crippen LogP contribution in [0.25, 0.3) is 11.6 Å². The summed E-state index contributed by atoms with van der Waals surface area (Å²) >= 11 is 0. The van der Waals surface area contributed by atoms with Gasteiger partial charge in [0.2, 0.25) is 11.7 Å². The fourth-order valence-electron chi connectivity index (χ4n) is 2.01. The minimum absolute atomic E-state index is 0.239. The van der Waals surface area contributed by atoms with Crippen molar-refractivity contribution in [2.24, 2.45) is 0 Å². The molecule has 1 atom stereocenters. The van der Waals surface area contributed by atoms with E-state index in [0.29, 0.717) is 24.0 Å². The molecule has 0 aliphatic heterocycles. The number of hydrogen-bond acceptors (Lipinski definition) is 6. The summed E-state index contributed by atoms with van der Waals surface area (Å²) < 4.78 is 12.3. The summed E-state index contributed by atoms with van der Waals surface area (Å²) in [6.45, 7) is 5.40. The molecule has 0 unspecified atom stereocenters. The molecule has 0 spiro atoms. The summed E-state index contributed by atoms with van der Waals surface area (Å²) in [5, 5.41) is 11.5. The van der Waals surface area contributed by atoms with Gasteiger partial charge in [-0.25, -0.2) is 0 Å². The molecule has 0 saturated heterocycles. The molecular weight excluding hydrogens is 270 g/mol. The van der Waals surface area contributed by atoms with E-state index in [0.717, 1.165) is 12.1 Å². The van der Waals surface area contributed by atoms with Crippen LogP contribution in [0.4, 0.5) is 0 Å². The minimum Gasteiger partial charge on any atom is -0.461 e. The Bertz CT molecular complexity index is 686. The third-order valence-electron chi connectivity index (χ3n) is 3.03. The van der Waals surface area contributed by atoms with Crippen LogP contribution in [0.1, 0.15) is 18.4 Å². The zero-order valence-electron chi connectivity index (χ0n) is 12.0. The molecule has 7 heteroatoms. The molecule has 3 aromatic rings. The lowest BCUT2D eigenvalue weighted by Gasteiger charge is -2.11. The molecule has 3 rings (SSSR count). The van der Waals surface area contributed by atoms with Gasteiger partial charge in [-0.2, -0.15) is 10.1 Å². The maximum atomic E-state index is 5.22. The number of aryl methyl sites for hydroxylation is 1. The van der Waals surface area contributed by atoms with Crippen molar-refractivity contribution in [2.75, 3.05) is 0 Å². The van der Waals surface area contributed by atoms with E-state index in [1.807, 2.05) is 24.0 Å². The Labute approximate surface area is 122 Å². The average molecular weight is 287 g/mol. The molecule has 1 N–H and O–H groups in total. The van der Waals surface area contributed by atoms with E-state index in [9.17, 15) is 0 Å². The fraction of sp³-hybridized carbons (Fsp3) is 0.357. The van der Waals surface area contributed by atoms with E-state index in [1.54, 1.807) is 18.4 Å². The zero-order chi connectivity index (χ0) is 14.7. The lowest BCUT2D eigenvalue weighted by molar-refractivity contribution is 0.350. The van der Waals surface area contributed by atoms with E-state index >= 15 is 0 Å². The Balaban J connectivity index is 1.53. The molecule has 0 amide bonds. The number of nitrogens with zero attached hydrogens (tertiary/aromatic N) is 4. The summed E-state index contributed by atoms with van der Waals surface area (Å²) in [5.74, 6) is 1.60. The first kappa shape index (κ1) is 13.6. The van der Waals surface area contributed by atoms with Crippen LogP contribution >= 0.6 is 0 Å². The smallest absolute Gasteiger partial charge is 0.241 e. The second kappa shape index (κ2) is 5.92. The van der Waals surface area contributed by atoms with Gasteiger partial charge in [0.25, 0.3) is 0 Å². The summed E-state index contributed by atoms with van der Waals surface area (Å²) in [6.07, 6.45) is 5.44. The van der Waals surface area contributed by atoms with Crippen LogP contribution in [-0.2, 0) is 13.1 Å². The Kier molecular flexibility index (Phi) is 3.83. The molecular formula is C14H17N5O2. The molecule has 0 radical (unpaired) electrons. The second-order valence-corrected chi connectivity index (χ2v) is 5.01. The number of nitrogens with one attached hydrogen (secondary N) is 1. The van der Waals surface area contributed by atoms with Crippen molar-refractivity contribution in [2.45, 2.75) is 33.0 Å². The Morgan fingerprint density at radius 1 is 1.43 bits per heavy atom. The van der Waals surface area contributed by atoms with Gasteiger partial charge in [0.05, 0.1) is 25.5 Å². The normalized spacial score (nSPS) is 12.7. The molecule has 0 aliphatic rings. The highest BCUT2D eigenvalue weighted by Gasteiger charge is 2.11. The van der Waals surface area contributed by atoms with Crippen molar-refractivity contribution < 1.29 is 8.94 Å². The van der Waals surface area contributed by atoms with Crippen LogP contribution in [0.15, 0.2) is 39.7 Å². The number of aromatic nitrogens is 4. The largest absolute Gasteiger partial charge is 0.461 e. The predicted molar refractivity (Wildman–Crippen MR) is 75.3 cm³/mol. The second-order valence-electron chi connectivity index (χ2n) is 5.01. The van der Waals surface area contributed by atoms with Gasteiger partial charge in [-0.05, 0) is 31.5 Å². The summed E-state index contributed by atoms with van der Waals surface area (Å²) in [5.41, 5.74) is 1.15. The number of furan rings is 1. The molecule has 0 fully saturated rings. The lowest BCUT2D eigenvalue weighted by atomic mass is 10.3. The predicted octanol–water partition coefficient (Wildman–Crippen LogP) is 2.01. The van der Waals surface area contributed by atoms with Gasteiger partial charge in [-0.15, -0.1) is 0 Å². The highest BCUT2D eigenvalue weighted by atomic mass is 16.5. The molecule has 3 heterocycles. The Morgan fingerprint density at radius 2 is 2.33 bits per heavy atom. The van der Waals surface area contributed by atoms with E-state index in [4.69, 9.17) is 8.94 Å². The summed E-state index contributed by atoms with van der Waals surface area (Å²) in [6, 6.07) is 3.82. The average Bonchev–Trinajstić information content (AvgIpc) is 3.17. The Morgan fingerprint density at radius 3 is 3.05 bits per heavy atom. The van der Waals surface area contributed by atoms with Crippen molar-refractivity contribution in [3.63, 3.8) is 0 Å². The van der Waals surface area contributed by atoms with Gasteiger partial charge in [-0.3, -0.25) is 4.68 Å². The SMILES string of the molecule is Cc1cnn(C[C@H](C)NCc2nc(-c3ccco3)no2)c1. The van der Waals surface area contributed by atoms with Crippen LogP contribution < -0.4 is 5.32 Å². The standard InChI is InChI=1S/C14H17N5O2/c1-10-6-16-19(8-10)9-11(2)15-7-13-17-14(18-21-13)12-4-3-5-20-12/h3-6,8,11,15H,7,9H2,1-2H3/t11-/m0/s1. The van der Waals surface area contributed by atoms with E-state index < -0.39 is 0 Å². The lowest BCUT2D eigenvalue weighted by Crippen LogP contribution is -2.30. The number of hydrogen-bond donors (Lipinski definition) is 1. The molecule has 0 aliphatic carbocycles. The first-order valence-electron chi connectivity index (χ1n) is 6.79.